The molecule has 2 rings (SSSR count). The smallest absolute Gasteiger partial charge is 0.0695 e. The fourth-order valence-corrected chi connectivity index (χ4v) is 2.88. The highest BCUT2D eigenvalue weighted by atomic mass is 16.3. The van der Waals surface area contributed by atoms with Gasteiger partial charge in [-0.25, -0.2) is 0 Å². The molecule has 0 bridgehead atoms. The van der Waals surface area contributed by atoms with Crippen molar-refractivity contribution in [1.29, 1.82) is 0 Å². The van der Waals surface area contributed by atoms with Crippen LogP contribution in [-0.4, -0.2) is 35.2 Å². The highest BCUT2D eigenvalue weighted by Gasteiger charge is 2.31. The fraction of sp³-hybridized carbons (Fsp3) is 1.00. The van der Waals surface area contributed by atoms with Crippen molar-refractivity contribution in [3.05, 3.63) is 0 Å². The lowest BCUT2D eigenvalue weighted by Gasteiger charge is -2.30. The quantitative estimate of drug-likeness (QED) is 0.755. The molecule has 2 fully saturated rings. The lowest BCUT2D eigenvalue weighted by Crippen LogP contribution is -2.38. The maximum Gasteiger partial charge on any atom is 0.0695 e. The molecule has 88 valence electrons. The minimum absolute atomic E-state index is 0.0640. The Kier molecular flexibility index (Phi) is 4.04. The van der Waals surface area contributed by atoms with E-state index in [1.54, 1.807) is 0 Å². The van der Waals surface area contributed by atoms with Gasteiger partial charge in [0, 0.05) is 12.6 Å². The number of aliphatic hydroxyl groups excluding tert-OH is 1. The summed E-state index contributed by atoms with van der Waals surface area (Å²) in [5.74, 6) is 0.589. The zero-order chi connectivity index (χ0) is 10.7. The summed E-state index contributed by atoms with van der Waals surface area (Å²) in [6.45, 7) is 4.24. The van der Waals surface area contributed by atoms with Gasteiger partial charge in [0.05, 0.1) is 6.10 Å². The topological polar surface area (TPSA) is 23.5 Å². The molecule has 0 amide bonds. The Labute approximate surface area is 93.7 Å². The molecule has 0 heterocycles. The number of likely N-dealkylation sites (N-methyl/N-ethyl adjacent to an activating group) is 1. The van der Waals surface area contributed by atoms with Crippen molar-refractivity contribution in [3.63, 3.8) is 0 Å². The summed E-state index contributed by atoms with van der Waals surface area (Å²) in [4.78, 5) is 2.47. The maximum atomic E-state index is 10.2. The third-order valence-corrected chi connectivity index (χ3v) is 4.09. The minimum atomic E-state index is -0.0640. The van der Waals surface area contributed by atoms with Gasteiger partial charge in [-0.15, -0.1) is 0 Å². The third-order valence-electron chi connectivity index (χ3n) is 4.09. The molecule has 1 unspecified atom stereocenters. The maximum absolute atomic E-state index is 10.2. The van der Waals surface area contributed by atoms with Crippen LogP contribution in [-0.2, 0) is 0 Å². The van der Waals surface area contributed by atoms with Crippen LogP contribution in [0.5, 0.6) is 0 Å². The second kappa shape index (κ2) is 5.31. The van der Waals surface area contributed by atoms with Crippen molar-refractivity contribution in [2.24, 2.45) is 5.92 Å². The molecule has 0 spiro atoms. The first kappa shape index (κ1) is 11.4. The van der Waals surface area contributed by atoms with Gasteiger partial charge in [-0.2, -0.15) is 0 Å². The van der Waals surface area contributed by atoms with Crippen molar-refractivity contribution >= 4 is 0 Å². The Hall–Kier alpha value is -0.0800. The zero-order valence-corrected chi connectivity index (χ0v) is 9.99. The summed E-state index contributed by atoms with van der Waals surface area (Å²) in [6, 6.07) is 0.799. The summed E-state index contributed by atoms with van der Waals surface area (Å²) in [6.07, 6.45) is 9.19. The summed E-state index contributed by atoms with van der Waals surface area (Å²) in [5, 5.41) is 10.2. The molecule has 0 aliphatic heterocycles. The van der Waals surface area contributed by atoms with E-state index < -0.39 is 0 Å². The number of aliphatic hydroxyl groups is 1. The molecular formula is C13H25NO. The Bertz CT molecular complexity index is 185. The molecular weight excluding hydrogens is 186 g/mol. The normalized spacial score (nSPS) is 25.8. The number of nitrogens with zero attached hydrogens (tertiary/aromatic N) is 1. The summed E-state index contributed by atoms with van der Waals surface area (Å²) >= 11 is 0. The number of hydrogen-bond acceptors (Lipinski definition) is 2. The van der Waals surface area contributed by atoms with Crippen LogP contribution in [0.4, 0.5) is 0 Å². The van der Waals surface area contributed by atoms with E-state index in [4.69, 9.17) is 0 Å². The molecule has 2 nitrogen and oxygen atoms in total. The standard InChI is InChI=1S/C13H25NO/c1-2-14(12-8-9-12)10-13(15)11-6-4-3-5-7-11/h11-13,15H,2-10H2,1H3. The van der Waals surface area contributed by atoms with E-state index in [1.807, 2.05) is 0 Å². The van der Waals surface area contributed by atoms with Gasteiger partial charge in [0.2, 0.25) is 0 Å². The van der Waals surface area contributed by atoms with Gasteiger partial charge in [0.15, 0.2) is 0 Å². The lowest BCUT2D eigenvalue weighted by molar-refractivity contribution is 0.0466. The first-order chi connectivity index (χ1) is 7.31. The average molecular weight is 211 g/mol. The van der Waals surface area contributed by atoms with Crippen molar-refractivity contribution in [2.45, 2.75) is 64.0 Å². The Morgan fingerprint density at radius 2 is 1.80 bits per heavy atom. The van der Waals surface area contributed by atoms with Crippen molar-refractivity contribution < 1.29 is 5.11 Å². The van der Waals surface area contributed by atoms with Crippen LogP contribution in [0.25, 0.3) is 0 Å². The molecule has 0 saturated heterocycles. The van der Waals surface area contributed by atoms with Crippen LogP contribution >= 0.6 is 0 Å². The van der Waals surface area contributed by atoms with Gasteiger partial charge in [0.1, 0.15) is 0 Å². The average Bonchev–Trinajstić information content (AvgIpc) is 3.10. The van der Waals surface area contributed by atoms with E-state index in [2.05, 4.69) is 11.8 Å². The van der Waals surface area contributed by atoms with Gasteiger partial charge in [0.25, 0.3) is 0 Å². The van der Waals surface area contributed by atoms with Crippen LogP contribution < -0.4 is 0 Å². The van der Waals surface area contributed by atoms with Crippen LogP contribution in [0.15, 0.2) is 0 Å². The van der Waals surface area contributed by atoms with E-state index in [1.165, 1.54) is 44.9 Å². The van der Waals surface area contributed by atoms with Gasteiger partial charge in [-0.1, -0.05) is 26.2 Å². The molecule has 2 aliphatic rings. The van der Waals surface area contributed by atoms with Gasteiger partial charge < -0.3 is 5.11 Å². The molecule has 2 saturated carbocycles. The molecule has 1 atom stereocenters. The van der Waals surface area contributed by atoms with Crippen molar-refractivity contribution in [1.82, 2.24) is 4.90 Å². The van der Waals surface area contributed by atoms with E-state index in [-0.39, 0.29) is 6.10 Å². The van der Waals surface area contributed by atoms with Gasteiger partial charge >= 0.3 is 0 Å². The number of hydrogen-bond donors (Lipinski definition) is 1. The molecule has 0 aromatic carbocycles. The van der Waals surface area contributed by atoms with Crippen LogP contribution in [0.2, 0.25) is 0 Å². The molecule has 0 aromatic rings. The largest absolute Gasteiger partial charge is 0.392 e. The highest BCUT2D eigenvalue weighted by molar-refractivity contribution is 4.86. The summed E-state index contributed by atoms with van der Waals surface area (Å²) < 4.78 is 0. The highest BCUT2D eigenvalue weighted by Crippen LogP contribution is 2.30. The second-order valence-electron chi connectivity index (χ2n) is 5.28. The minimum Gasteiger partial charge on any atom is -0.392 e. The van der Waals surface area contributed by atoms with Gasteiger partial charge in [-0.3, -0.25) is 4.90 Å². The molecule has 15 heavy (non-hydrogen) atoms. The molecule has 0 aromatic heterocycles. The predicted molar refractivity (Wildman–Crippen MR) is 62.9 cm³/mol. The lowest BCUT2D eigenvalue weighted by atomic mass is 9.85. The van der Waals surface area contributed by atoms with E-state index in [0.717, 1.165) is 19.1 Å². The van der Waals surface area contributed by atoms with Crippen LogP contribution in [0, 0.1) is 5.92 Å². The first-order valence-corrected chi connectivity index (χ1v) is 6.73. The van der Waals surface area contributed by atoms with E-state index in [9.17, 15) is 5.11 Å². The van der Waals surface area contributed by atoms with E-state index >= 15 is 0 Å². The predicted octanol–water partition coefficient (Wildman–Crippen LogP) is 2.41. The Morgan fingerprint density at radius 3 is 2.33 bits per heavy atom. The van der Waals surface area contributed by atoms with Gasteiger partial charge in [-0.05, 0) is 38.1 Å². The Morgan fingerprint density at radius 1 is 1.13 bits per heavy atom. The fourth-order valence-electron chi connectivity index (χ4n) is 2.88. The second-order valence-corrected chi connectivity index (χ2v) is 5.28. The van der Waals surface area contributed by atoms with E-state index in [0.29, 0.717) is 5.92 Å². The number of rotatable bonds is 5. The summed E-state index contributed by atoms with van der Waals surface area (Å²) in [5.41, 5.74) is 0. The molecule has 2 aliphatic carbocycles. The van der Waals surface area contributed by atoms with Crippen molar-refractivity contribution in [2.75, 3.05) is 13.1 Å². The van der Waals surface area contributed by atoms with Crippen molar-refractivity contribution in [3.8, 4) is 0 Å². The van der Waals surface area contributed by atoms with Crippen LogP contribution in [0.1, 0.15) is 51.9 Å². The molecule has 2 heteroatoms. The third kappa shape index (κ3) is 3.18. The zero-order valence-electron chi connectivity index (χ0n) is 9.99. The molecule has 1 N–H and O–H groups in total. The van der Waals surface area contributed by atoms with Crippen LogP contribution in [0.3, 0.4) is 0 Å². The first-order valence-electron chi connectivity index (χ1n) is 6.73. The monoisotopic (exact) mass is 211 g/mol. The SMILES string of the molecule is CCN(CC(O)C1CCCCC1)C1CC1. The Balaban J connectivity index is 1.75. The summed E-state index contributed by atoms with van der Waals surface area (Å²) in [7, 11) is 0. The molecule has 0 radical (unpaired) electrons.